The maximum Gasteiger partial charge on any atom is 0.573 e. The van der Waals surface area contributed by atoms with Gasteiger partial charge in [-0.25, -0.2) is 4.52 Å². The molecule has 0 radical (unpaired) electrons. The van der Waals surface area contributed by atoms with E-state index in [2.05, 4.69) is 20.1 Å². The monoisotopic (exact) mass is 440 g/mol. The maximum atomic E-state index is 12.8. The van der Waals surface area contributed by atoms with Crippen molar-refractivity contribution in [3.63, 3.8) is 0 Å². The lowest BCUT2D eigenvalue weighted by atomic mass is 9.97. The zero-order valence-electron chi connectivity index (χ0n) is 17.2. The topological polar surface area (TPSA) is 68.5 Å². The predicted molar refractivity (Wildman–Crippen MR) is 112 cm³/mol. The SMILES string of the molecule is CC(C)(NC(=O)c1cnn2ccccc12)c1ccc(-c2ccc(OC(F)(F)F)cc2)cn1. The summed E-state index contributed by atoms with van der Waals surface area (Å²) in [7, 11) is 0. The molecule has 4 rings (SSSR count). The molecule has 1 aromatic carbocycles. The van der Waals surface area contributed by atoms with Gasteiger partial charge in [0.25, 0.3) is 5.91 Å². The van der Waals surface area contributed by atoms with Crippen LogP contribution in [-0.2, 0) is 5.54 Å². The summed E-state index contributed by atoms with van der Waals surface area (Å²) in [6.45, 7) is 3.67. The number of ether oxygens (including phenoxy) is 1. The molecule has 0 fully saturated rings. The number of pyridine rings is 2. The summed E-state index contributed by atoms with van der Waals surface area (Å²) >= 11 is 0. The molecule has 3 heterocycles. The largest absolute Gasteiger partial charge is 0.573 e. The zero-order valence-corrected chi connectivity index (χ0v) is 17.2. The van der Waals surface area contributed by atoms with Crippen molar-refractivity contribution in [2.45, 2.75) is 25.7 Å². The summed E-state index contributed by atoms with van der Waals surface area (Å²) in [4.78, 5) is 17.3. The number of hydrogen-bond acceptors (Lipinski definition) is 4. The van der Waals surface area contributed by atoms with Crippen molar-refractivity contribution in [1.29, 1.82) is 0 Å². The first-order chi connectivity index (χ1) is 15.1. The van der Waals surface area contributed by atoms with Gasteiger partial charge in [-0.1, -0.05) is 24.3 Å². The molecular formula is C23H19F3N4O2. The van der Waals surface area contributed by atoms with Crippen LogP contribution in [0.1, 0.15) is 29.9 Å². The third kappa shape index (κ3) is 4.56. The van der Waals surface area contributed by atoms with E-state index in [9.17, 15) is 18.0 Å². The van der Waals surface area contributed by atoms with Gasteiger partial charge in [0, 0.05) is 18.0 Å². The van der Waals surface area contributed by atoms with Crippen LogP contribution in [0.5, 0.6) is 5.75 Å². The molecule has 0 atom stereocenters. The number of nitrogens with one attached hydrogen (secondary N) is 1. The molecule has 0 unspecified atom stereocenters. The van der Waals surface area contributed by atoms with Crippen molar-refractivity contribution in [3.8, 4) is 16.9 Å². The van der Waals surface area contributed by atoms with Crippen LogP contribution in [0.3, 0.4) is 0 Å². The standard InChI is InChI=1S/C23H19F3N4O2/c1-22(2,29-21(31)18-14-28-30-12-4-3-5-19(18)30)20-11-8-16(13-27-20)15-6-9-17(10-7-15)32-23(24,25)26/h3-14H,1-2H3,(H,29,31). The lowest BCUT2D eigenvalue weighted by Gasteiger charge is -2.25. The van der Waals surface area contributed by atoms with E-state index in [0.717, 1.165) is 5.56 Å². The minimum atomic E-state index is -4.73. The van der Waals surface area contributed by atoms with Gasteiger partial charge in [-0.15, -0.1) is 13.2 Å². The van der Waals surface area contributed by atoms with Crippen LogP contribution in [0.15, 0.2) is 73.2 Å². The highest BCUT2D eigenvalue weighted by Crippen LogP contribution is 2.27. The fourth-order valence-electron chi connectivity index (χ4n) is 3.31. The van der Waals surface area contributed by atoms with Crippen molar-refractivity contribution < 1.29 is 22.7 Å². The van der Waals surface area contributed by atoms with Crippen molar-refractivity contribution >= 4 is 11.4 Å². The van der Waals surface area contributed by atoms with E-state index in [1.807, 2.05) is 32.0 Å². The third-order valence-electron chi connectivity index (χ3n) is 4.92. The molecule has 0 bridgehead atoms. The Labute approximate surface area is 181 Å². The van der Waals surface area contributed by atoms with Crippen LogP contribution in [-0.4, -0.2) is 26.9 Å². The molecule has 9 heteroatoms. The Balaban J connectivity index is 1.49. The van der Waals surface area contributed by atoms with E-state index in [-0.39, 0.29) is 11.7 Å². The smallest absolute Gasteiger partial charge is 0.406 e. The fourth-order valence-corrected chi connectivity index (χ4v) is 3.31. The second-order valence-corrected chi connectivity index (χ2v) is 7.67. The van der Waals surface area contributed by atoms with E-state index in [0.29, 0.717) is 22.3 Å². The van der Waals surface area contributed by atoms with Crippen LogP contribution >= 0.6 is 0 Å². The van der Waals surface area contributed by atoms with Crippen molar-refractivity contribution in [2.75, 3.05) is 0 Å². The van der Waals surface area contributed by atoms with Gasteiger partial charge in [0.15, 0.2) is 0 Å². The quantitative estimate of drug-likeness (QED) is 0.476. The van der Waals surface area contributed by atoms with E-state index >= 15 is 0 Å². The van der Waals surface area contributed by atoms with Crippen LogP contribution < -0.4 is 10.1 Å². The molecule has 1 amide bonds. The number of amides is 1. The van der Waals surface area contributed by atoms with Gasteiger partial charge in [-0.2, -0.15) is 5.10 Å². The van der Waals surface area contributed by atoms with E-state index in [1.165, 1.54) is 30.5 Å². The van der Waals surface area contributed by atoms with Crippen molar-refractivity contribution in [3.05, 3.63) is 84.4 Å². The average molecular weight is 440 g/mol. The molecular weight excluding hydrogens is 421 g/mol. The highest BCUT2D eigenvalue weighted by Gasteiger charge is 2.31. The average Bonchev–Trinajstić information content (AvgIpc) is 3.17. The minimum Gasteiger partial charge on any atom is -0.406 e. The number of aromatic nitrogens is 3. The van der Waals surface area contributed by atoms with Crippen molar-refractivity contribution in [1.82, 2.24) is 19.9 Å². The summed E-state index contributed by atoms with van der Waals surface area (Å²) < 4.78 is 42.4. The van der Waals surface area contributed by atoms with Gasteiger partial charge in [-0.05, 0) is 49.7 Å². The predicted octanol–water partition coefficient (Wildman–Crippen LogP) is 4.96. The second kappa shape index (κ2) is 7.99. The molecule has 0 spiro atoms. The van der Waals surface area contributed by atoms with E-state index in [4.69, 9.17) is 0 Å². The van der Waals surface area contributed by atoms with E-state index < -0.39 is 11.9 Å². The Bertz CT molecular complexity index is 1250. The molecule has 0 saturated carbocycles. The Kier molecular flexibility index (Phi) is 5.33. The zero-order chi connectivity index (χ0) is 22.9. The number of halogens is 3. The number of nitrogens with zero attached hydrogens (tertiary/aromatic N) is 3. The summed E-state index contributed by atoms with van der Waals surface area (Å²) in [5.74, 6) is -0.565. The molecule has 32 heavy (non-hydrogen) atoms. The highest BCUT2D eigenvalue weighted by atomic mass is 19.4. The summed E-state index contributed by atoms with van der Waals surface area (Å²) in [6.07, 6.45) is 0.158. The second-order valence-electron chi connectivity index (χ2n) is 7.67. The van der Waals surface area contributed by atoms with Crippen LogP contribution in [0.4, 0.5) is 13.2 Å². The lowest BCUT2D eigenvalue weighted by Crippen LogP contribution is -2.41. The summed E-state index contributed by atoms with van der Waals surface area (Å²) in [5.41, 5.74) is 2.41. The summed E-state index contributed by atoms with van der Waals surface area (Å²) in [5, 5.41) is 7.16. The van der Waals surface area contributed by atoms with E-state index in [1.54, 1.807) is 29.0 Å². The van der Waals surface area contributed by atoms with Gasteiger partial charge >= 0.3 is 6.36 Å². The molecule has 1 N–H and O–H groups in total. The maximum absolute atomic E-state index is 12.8. The van der Waals surface area contributed by atoms with Gasteiger partial charge < -0.3 is 10.1 Å². The molecule has 0 saturated heterocycles. The van der Waals surface area contributed by atoms with Gasteiger partial charge in [0.2, 0.25) is 0 Å². The van der Waals surface area contributed by atoms with Gasteiger partial charge in [0.1, 0.15) is 5.75 Å². The normalized spacial score (nSPS) is 12.0. The van der Waals surface area contributed by atoms with Gasteiger partial charge in [0.05, 0.1) is 28.5 Å². The first kappa shape index (κ1) is 21.4. The first-order valence-corrected chi connectivity index (χ1v) is 9.70. The number of carbonyl (C=O) groups is 1. The number of hydrogen-bond donors (Lipinski definition) is 1. The fraction of sp³-hybridized carbons (Fsp3) is 0.174. The summed E-state index contributed by atoms with van der Waals surface area (Å²) in [6, 6.07) is 14.6. The Morgan fingerprint density at radius 3 is 2.34 bits per heavy atom. The molecule has 6 nitrogen and oxygen atoms in total. The Morgan fingerprint density at radius 1 is 0.969 bits per heavy atom. The Morgan fingerprint density at radius 2 is 1.69 bits per heavy atom. The Hall–Kier alpha value is -3.88. The molecule has 0 aliphatic heterocycles. The first-order valence-electron chi connectivity index (χ1n) is 9.70. The molecule has 0 aliphatic rings. The highest BCUT2D eigenvalue weighted by molar-refractivity contribution is 6.00. The third-order valence-corrected chi connectivity index (χ3v) is 4.92. The van der Waals surface area contributed by atoms with Gasteiger partial charge in [-0.3, -0.25) is 9.78 Å². The number of fused-ring (bicyclic) bond motifs is 1. The molecule has 0 aliphatic carbocycles. The number of alkyl halides is 3. The molecule has 164 valence electrons. The van der Waals surface area contributed by atoms with Crippen LogP contribution in [0.25, 0.3) is 16.6 Å². The number of benzene rings is 1. The van der Waals surface area contributed by atoms with Crippen LogP contribution in [0, 0.1) is 0 Å². The lowest BCUT2D eigenvalue weighted by molar-refractivity contribution is -0.274. The number of carbonyl (C=O) groups excluding carboxylic acids is 1. The van der Waals surface area contributed by atoms with Crippen LogP contribution in [0.2, 0.25) is 0 Å². The van der Waals surface area contributed by atoms with Crippen molar-refractivity contribution in [2.24, 2.45) is 0 Å². The minimum absolute atomic E-state index is 0.276. The molecule has 3 aromatic heterocycles. The number of rotatable bonds is 5. The molecule has 4 aromatic rings.